The lowest BCUT2D eigenvalue weighted by molar-refractivity contribution is -0.139. The molecule has 1 atom stereocenters. The summed E-state index contributed by atoms with van der Waals surface area (Å²) in [6, 6.07) is -0.851. The Morgan fingerprint density at radius 1 is 1.77 bits per heavy atom. The molecule has 0 amide bonds. The minimum atomic E-state index is -0.967. The van der Waals surface area contributed by atoms with E-state index in [9.17, 15) is 4.79 Å². The number of rotatable bonds is 3. The molecule has 3 N–H and O–H groups in total. The molecule has 0 aliphatic heterocycles. The van der Waals surface area contributed by atoms with Gasteiger partial charge in [-0.25, -0.2) is 0 Å². The smallest absolute Gasteiger partial charge is 0.321 e. The number of carbonyl (C=O) groups is 1. The summed E-state index contributed by atoms with van der Waals surface area (Å²) in [7, 11) is 0. The van der Waals surface area contributed by atoms with Crippen molar-refractivity contribution in [3.8, 4) is 0 Å². The average Bonchev–Trinajstić information content (AvgIpc) is 2.72. The summed E-state index contributed by atoms with van der Waals surface area (Å²) < 4.78 is 3.71. The highest BCUT2D eigenvalue weighted by atomic mass is 32.1. The molecule has 1 aliphatic carbocycles. The molecular formula is C7H9N3O2S. The van der Waals surface area contributed by atoms with Crippen molar-refractivity contribution < 1.29 is 9.90 Å². The number of hydrogen-bond acceptors (Lipinski definition) is 5. The van der Waals surface area contributed by atoms with Gasteiger partial charge in [0.15, 0.2) is 0 Å². The highest BCUT2D eigenvalue weighted by molar-refractivity contribution is 7.03. The van der Waals surface area contributed by atoms with Crippen molar-refractivity contribution in [2.24, 2.45) is 5.73 Å². The number of nitrogens with two attached hydrogens (primary N) is 1. The molecule has 6 heteroatoms. The van der Waals surface area contributed by atoms with E-state index >= 15 is 0 Å². The lowest BCUT2D eigenvalue weighted by atomic mass is 9.94. The fraction of sp³-hybridized carbons (Fsp3) is 0.571. The van der Waals surface area contributed by atoms with Crippen LogP contribution in [-0.2, 0) is 10.2 Å². The van der Waals surface area contributed by atoms with E-state index in [0.29, 0.717) is 0 Å². The number of aliphatic carboxylic acids is 1. The van der Waals surface area contributed by atoms with Crippen LogP contribution in [0.3, 0.4) is 0 Å². The van der Waals surface area contributed by atoms with E-state index in [2.05, 4.69) is 9.59 Å². The minimum absolute atomic E-state index is 0.432. The van der Waals surface area contributed by atoms with Crippen LogP contribution < -0.4 is 5.73 Å². The summed E-state index contributed by atoms with van der Waals surface area (Å²) in [4.78, 5) is 10.7. The molecule has 0 aromatic carbocycles. The molecule has 1 saturated carbocycles. The third-order valence-electron chi connectivity index (χ3n) is 2.52. The first-order valence-electron chi connectivity index (χ1n) is 3.93. The Morgan fingerprint density at radius 3 is 2.85 bits per heavy atom. The molecule has 1 aliphatic rings. The normalized spacial score (nSPS) is 21.0. The van der Waals surface area contributed by atoms with Crippen LogP contribution in [0.5, 0.6) is 0 Å². The van der Waals surface area contributed by atoms with E-state index in [0.717, 1.165) is 18.5 Å². The van der Waals surface area contributed by atoms with Crippen LogP contribution >= 0.6 is 11.5 Å². The van der Waals surface area contributed by atoms with E-state index in [1.165, 1.54) is 11.5 Å². The second-order valence-electron chi connectivity index (χ2n) is 3.26. The summed E-state index contributed by atoms with van der Waals surface area (Å²) in [5.41, 5.74) is 5.88. The predicted molar refractivity (Wildman–Crippen MR) is 46.4 cm³/mol. The monoisotopic (exact) mass is 199 g/mol. The van der Waals surface area contributed by atoms with Crippen molar-refractivity contribution in [3.05, 3.63) is 11.1 Å². The van der Waals surface area contributed by atoms with Gasteiger partial charge in [0.2, 0.25) is 0 Å². The van der Waals surface area contributed by atoms with E-state index in [1.807, 2.05) is 0 Å². The van der Waals surface area contributed by atoms with Gasteiger partial charge in [0.05, 0.1) is 5.69 Å². The molecule has 0 spiro atoms. The van der Waals surface area contributed by atoms with Gasteiger partial charge < -0.3 is 10.8 Å². The fourth-order valence-corrected chi connectivity index (χ4v) is 2.04. The van der Waals surface area contributed by atoms with Crippen molar-refractivity contribution in [1.29, 1.82) is 0 Å². The number of carboxylic acids is 1. The first kappa shape index (κ1) is 8.58. The molecule has 1 heterocycles. The zero-order chi connectivity index (χ0) is 9.47. The first-order valence-corrected chi connectivity index (χ1v) is 4.76. The van der Waals surface area contributed by atoms with E-state index in [1.54, 1.807) is 5.38 Å². The lowest BCUT2D eigenvalue weighted by Gasteiger charge is -2.16. The minimum Gasteiger partial charge on any atom is -0.480 e. The first-order chi connectivity index (χ1) is 6.17. The van der Waals surface area contributed by atoms with Gasteiger partial charge in [-0.15, -0.1) is 5.10 Å². The molecule has 0 saturated heterocycles. The Morgan fingerprint density at radius 2 is 2.46 bits per heavy atom. The molecule has 0 bridgehead atoms. The molecule has 1 aromatic rings. The zero-order valence-corrected chi connectivity index (χ0v) is 7.62. The van der Waals surface area contributed by atoms with Crippen LogP contribution in [0.25, 0.3) is 0 Å². The van der Waals surface area contributed by atoms with Crippen LogP contribution in [0, 0.1) is 0 Å². The van der Waals surface area contributed by atoms with Crippen molar-refractivity contribution in [2.45, 2.75) is 24.3 Å². The number of carboxylic acid groups (broad SMARTS) is 1. The van der Waals surface area contributed by atoms with Crippen molar-refractivity contribution in [1.82, 2.24) is 9.59 Å². The molecule has 1 fully saturated rings. The maximum atomic E-state index is 10.7. The van der Waals surface area contributed by atoms with E-state index < -0.39 is 17.4 Å². The molecular weight excluding hydrogens is 190 g/mol. The van der Waals surface area contributed by atoms with Gasteiger partial charge in [-0.1, -0.05) is 4.49 Å². The van der Waals surface area contributed by atoms with Gasteiger partial charge in [0, 0.05) is 10.8 Å². The summed E-state index contributed by atoms with van der Waals surface area (Å²) in [5.74, 6) is -0.967. The van der Waals surface area contributed by atoms with Gasteiger partial charge in [-0.2, -0.15) is 0 Å². The van der Waals surface area contributed by atoms with Crippen LogP contribution in [0.2, 0.25) is 0 Å². The Hall–Kier alpha value is -1.01. The zero-order valence-electron chi connectivity index (χ0n) is 6.80. The highest BCUT2D eigenvalue weighted by Gasteiger charge is 2.54. The molecule has 5 nitrogen and oxygen atoms in total. The Kier molecular flexibility index (Phi) is 1.81. The fourth-order valence-electron chi connectivity index (χ4n) is 1.48. The van der Waals surface area contributed by atoms with Gasteiger partial charge in [-0.05, 0) is 24.4 Å². The highest BCUT2D eigenvalue weighted by Crippen LogP contribution is 2.49. The number of hydrogen-bond donors (Lipinski definition) is 2. The van der Waals surface area contributed by atoms with Crippen LogP contribution in [0.4, 0.5) is 0 Å². The SMILES string of the molecule is NC(C(=O)O)C1(c2csnn2)CC1. The van der Waals surface area contributed by atoms with Gasteiger partial charge in [0.1, 0.15) is 6.04 Å². The molecule has 1 aromatic heterocycles. The van der Waals surface area contributed by atoms with Crippen molar-refractivity contribution in [2.75, 3.05) is 0 Å². The Labute approximate surface area is 78.7 Å². The maximum Gasteiger partial charge on any atom is 0.321 e. The van der Waals surface area contributed by atoms with Crippen LogP contribution in [0.1, 0.15) is 18.5 Å². The predicted octanol–water partition coefficient (Wildman–Crippen LogP) is -0.0184. The average molecular weight is 199 g/mol. The second-order valence-corrected chi connectivity index (χ2v) is 3.87. The van der Waals surface area contributed by atoms with Gasteiger partial charge in [0.25, 0.3) is 0 Å². The third-order valence-corrected chi connectivity index (χ3v) is 3.02. The largest absolute Gasteiger partial charge is 0.480 e. The van der Waals surface area contributed by atoms with Gasteiger partial charge in [-0.3, -0.25) is 4.79 Å². The summed E-state index contributed by atoms with van der Waals surface area (Å²) in [5, 5.41) is 14.4. The van der Waals surface area contributed by atoms with Gasteiger partial charge >= 0.3 is 5.97 Å². The number of nitrogens with zero attached hydrogens (tertiary/aromatic N) is 2. The molecule has 13 heavy (non-hydrogen) atoms. The standard InChI is InChI=1S/C7H9N3O2S/c8-5(6(11)12)7(1-2-7)4-3-13-10-9-4/h3,5H,1-2,8H2,(H,11,12). The summed E-state index contributed by atoms with van der Waals surface area (Å²) >= 11 is 1.23. The maximum absolute atomic E-state index is 10.7. The third kappa shape index (κ3) is 1.22. The quantitative estimate of drug-likeness (QED) is 0.714. The molecule has 70 valence electrons. The molecule has 2 rings (SSSR count). The van der Waals surface area contributed by atoms with Crippen molar-refractivity contribution >= 4 is 17.5 Å². The van der Waals surface area contributed by atoms with Crippen molar-refractivity contribution in [3.63, 3.8) is 0 Å². The Bertz CT molecular complexity index is 320. The van der Waals surface area contributed by atoms with E-state index in [4.69, 9.17) is 10.8 Å². The number of aromatic nitrogens is 2. The topological polar surface area (TPSA) is 89.1 Å². The lowest BCUT2D eigenvalue weighted by Crippen LogP contribution is -2.42. The summed E-state index contributed by atoms with van der Waals surface area (Å²) in [6.07, 6.45) is 1.60. The van der Waals surface area contributed by atoms with Crippen LogP contribution in [-0.4, -0.2) is 26.7 Å². The molecule has 1 unspecified atom stereocenters. The van der Waals surface area contributed by atoms with E-state index in [-0.39, 0.29) is 0 Å². The Balaban J connectivity index is 2.27. The second kappa shape index (κ2) is 2.74. The summed E-state index contributed by atoms with van der Waals surface area (Å²) in [6.45, 7) is 0. The molecule has 0 radical (unpaired) electrons. The van der Waals surface area contributed by atoms with Crippen LogP contribution in [0.15, 0.2) is 5.38 Å².